The average molecular weight is 279 g/mol. The Bertz CT molecular complexity index is 637. The van der Waals surface area contributed by atoms with E-state index in [1.165, 1.54) is 6.07 Å². The SMILES string of the molecule is N#CCC(O)Cc1nc(Cc2ccc(F)cc2F)no1. The van der Waals surface area contributed by atoms with Gasteiger partial charge in [-0.15, -0.1) is 0 Å². The van der Waals surface area contributed by atoms with Crippen LogP contribution in [0.4, 0.5) is 8.78 Å². The van der Waals surface area contributed by atoms with Crippen molar-refractivity contribution in [3.63, 3.8) is 0 Å². The third-order valence-electron chi connectivity index (χ3n) is 2.61. The number of aromatic nitrogens is 2. The molecule has 0 radical (unpaired) electrons. The number of nitrogens with zero attached hydrogens (tertiary/aromatic N) is 3. The normalized spacial score (nSPS) is 12.1. The molecular formula is C13H11F2N3O2. The van der Waals surface area contributed by atoms with Gasteiger partial charge in [0.25, 0.3) is 0 Å². The zero-order valence-corrected chi connectivity index (χ0v) is 10.4. The molecule has 0 saturated carbocycles. The fraction of sp³-hybridized carbons (Fsp3) is 0.308. The Hall–Kier alpha value is -2.33. The van der Waals surface area contributed by atoms with Crippen molar-refractivity contribution in [3.05, 3.63) is 47.1 Å². The van der Waals surface area contributed by atoms with E-state index in [-0.39, 0.29) is 36.5 Å². The van der Waals surface area contributed by atoms with Crippen molar-refractivity contribution in [1.29, 1.82) is 5.26 Å². The van der Waals surface area contributed by atoms with E-state index in [9.17, 15) is 13.9 Å². The van der Waals surface area contributed by atoms with Crippen molar-refractivity contribution in [3.8, 4) is 6.07 Å². The maximum Gasteiger partial charge on any atom is 0.229 e. The number of aliphatic hydroxyl groups excluding tert-OH is 1. The summed E-state index contributed by atoms with van der Waals surface area (Å²) in [6, 6.07) is 5.07. The molecule has 2 rings (SSSR count). The average Bonchev–Trinajstić information content (AvgIpc) is 2.80. The fourth-order valence-corrected chi connectivity index (χ4v) is 1.66. The van der Waals surface area contributed by atoms with E-state index >= 15 is 0 Å². The van der Waals surface area contributed by atoms with Crippen LogP contribution in [0.3, 0.4) is 0 Å². The highest BCUT2D eigenvalue weighted by Crippen LogP contribution is 2.13. The van der Waals surface area contributed by atoms with Crippen LogP contribution in [0.15, 0.2) is 22.7 Å². The number of benzene rings is 1. The van der Waals surface area contributed by atoms with Crippen molar-refractivity contribution in [2.24, 2.45) is 0 Å². The number of nitriles is 1. The topological polar surface area (TPSA) is 82.9 Å². The highest BCUT2D eigenvalue weighted by molar-refractivity contribution is 5.21. The summed E-state index contributed by atoms with van der Waals surface area (Å²) in [5.41, 5.74) is 0.247. The maximum atomic E-state index is 13.5. The largest absolute Gasteiger partial charge is 0.392 e. The van der Waals surface area contributed by atoms with E-state index < -0.39 is 17.7 Å². The van der Waals surface area contributed by atoms with E-state index in [1.54, 1.807) is 0 Å². The van der Waals surface area contributed by atoms with Gasteiger partial charge >= 0.3 is 0 Å². The highest BCUT2D eigenvalue weighted by atomic mass is 19.1. The van der Waals surface area contributed by atoms with Crippen LogP contribution in [-0.2, 0) is 12.8 Å². The quantitative estimate of drug-likeness (QED) is 0.901. The molecule has 0 bridgehead atoms. The number of aliphatic hydroxyl groups is 1. The van der Waals surface area contributed by atoms with Gasteiger partial charge < -0.3 is 9.63 Å². The Kier molecular flexibility index (Phi) is 4.38. The van der Waals surface area contributed by atoms with Gasteiger partial charge in [-0.3, -0.25) is 0 Å². The zero-order valence-electron chi connectivity index (χ0n) is 10.4. The monoisotopic (exact) mass is 279 g/mol. The van der Waals surface area contributed by atoms with Gasteiger partial charge in [0, 0.05) is 12.5 Å². The van der Waals surface area contributed by atoms with Gasteiger partial charge in [-0.25, -0.2) is 8.78 Å². The lowest BCUT2D eigenvalue weighted by molar-refractivity contribution is 0.167. The third-order valence-corrected chi connectivity index (χ3v) is 2.61. The van der Waals surface area contributed by atoms with E-state index in [2.05, 4.69) is 10.1 Å². The second-order valence-corrected chi connectivity index (χ2v) is 4.24. The van der Waals surface area contributed by atoms with Crippen molar-refractivity contribution < 1.29 is 18.4 Å². The summed E-state index contributed by atoms with van der Waals surface area (Å²) in [6.07, 6.45) is -0.795. The molecule has 1 unspecified atom stereocenters. The molecule has 1 heterocycles. The first-order chi connectivity index (χ1) is 9.58. The molecule has 2 aromatic rings. The Balaban J connectivity index is 2.04. The van der Waals surface area contributed by atoms with Crippen LogP contribution in [-0.4, -0.2) is 21.4 Å². The molecule has 7 heteroatoms. The minimum atomic E-state index is -0.879. The van der Waals surface area contributed by atoms with E-state index in [4.69, 9.17) is 9.78 Å². The lowest BCUT2D eigenvalue weighted by Crippen LogP contribution is -2.09. The van der Waals surface area contributed by atoms with Gasteiger partial charge in [0.2, 0.25) is 5.89 Å². The summed E-state index contributed by atoms with van der Waals surface area (Å²) in [5.74, 6) is -0.930. The van der Waals surface area contributed by atoms with Crippen LogP contribution >= 0.6 is 0 Å². The molecule has 1 atom stereocenters. The molecule has 0 fully saturated rings. The van der Waals surface area contributed by atoms with Gasteiger partial charge in [0.15, 0.2) is 5.82 Å². The lowest BCUT2D eigenvalue weighted by atomic mass is 10.1. The molecule has 0 aliphatic carbocycles. The van der Waals surface area contributed by atoms with Crippen molar-refractivity contribution in [1.82, 2.24) is 10.1 Å². The smallest absolute Gasteiger partial charge is 0.229 e. The maximum absolute atomic E-state index is 13.5. The summed E-state index contributed by atoms with van der Waals surface area (Å²) in [7, 11) is 0. The highest BCUT2D eigenvalue weighted by Gasteiger charge is 2.13. The minimum Gasteiger partial charge on any atom is -0.392 e. The molecule has 1 N–H and O–H groups in total. The molecule has 104 valence electrons. The first-order valence-electron chi connectivity index (χ1n) is 5.89. The molecule has 0 aliphatic rings. The predicted octanol–water partition coefficient (Wildman–Crippen LogP) is 1.76. The molecule has 0 spiro atoms. The number of halogens is 2. The summed E-state index contributed by atoms with van der Waals surface area (Å²) >= 11 is 0. The summed E-state index contributed by atoms with van der Waals surface area (Å²) in [5, 5.41) is 21.5. The molecule has 0 saturated heterocycles. The standard InChI is InChI=1S/C13H11F2N3O2/c14-9-2-1-8(11(15)6-9)5-12-17-13(20-18-12)7-10(19)3-4-16/h1-2,6,10,19H,3,5,7H2. The minimum absolute atomic E-state index is 0.0374. The third kappa shape index (κ3) is 3.59. The van der Waals surface area contributed by atoms with Crippen molar-refractivity contribution in [2.45, 2.75) is 25.4 Å². The predicted molar refractivity (Wildman–Crippen MR) is 63.4 cm³/mol. The molecule has 0 aliphatic heterocycles. The lowest BCUT2D eigenvalue weighted by Gasteiger charge is -2.00. The zero-order chi connectivity index (χ0) is 14.5. The van der Waals surface area contributed by atoms with Crippen LogP contribution in [0.1, 0.15) is 23.7 Å². The molecule has 0 amide bonds. The number of hydrogen-bond donors (Lipinski definition) is 1. The molecule has 1 aromatic heterocycles. The second-order valence-electron chi connectivity index (χ2n) is 4.24. The molecular weight excluding hydrogens is 268 g/mol. The first-order valence-corrected chi connectivity index (χ1v) is 5.89. The van der Waals surface area contributed by atoms with Crippen LogP contribution < -0.4 is 0 Å². The molecule has 5 nitrogen and oxygen atoms in total. The Morgan fingerprint density at radius 1 is 1.40 bits per heavy atom. The fourth-order valence-electron chi connectivity index (χ4n) is 1.66. The number of rotatable bonds is 5. The van der Waals surface area contributed by atoms with Crippen LogP contribution in [0.2, 0.25) is 0 Å². The van der Waals surface area contributed by atoms with E-state index in [0.29, 0.717) is 0 Å². The summed E-state index contributed by atoms with van der Waals surface area (Å²) in [4.78, 5) is 3.98. The van der Waals surface area contributed by atoms with Gasteiger partial charge in [-0.05, 0) is 11.6 Å². The Morgan fingerprint density at radius 2 is 2.20 bits per heavy atom. The van der Waals surface area contributed by atoms with Gasteiger partial charge in [-0.2, -0.15) is 10.2 Å². The molecule has 20 heavy (non-hydrogen) atoms. The van der Waals surface area contributed by atoms with Crippen molar-refractivity contribution >= 4 is 0 Å². The van der Waals surface area contributed by atoms with E-state index in [1.807, 2.05) is 6.07 Å². The van der Waals surface area contributed by atoms with Crippen molar-refractivity contribution in [2.75, 3.05) is 0 Å². The first kappa shape index (κ1) is 14.1. The van der Waals surface area contributed by atoms with Crippen LogP contribution in [0, 0.1) is 23.0 Å². The number of hydrogen-bond acceptors (Lipinski definition) is 5. The second kappa shape index (κ2) is 6.21. The van der Waals surface area contributed by atoms with Crippen LogP contribution in [0.25, 0.3) is 0 Å². The van der Waals surface area contributed by atoms with Gasteiger partial charge in [-0.1, -0.05) is 11.2 Å². The van der Waals surface area contributed by atoms with Gasteiger partial charge in [0.1, 0.15) is 11.6 Å². The summed E-state index contributed by atoms with van der Waals surface area (Å²) < 4.78 is 31.1. The Morgan fingerprint density at radius 3 is 2.90 bits per heavy atom. The molecule has 1 aromatic carbocycles. The van der Waals surface area contributed by atoms with E-state index in [0.717, 1.165) is 12.1 Å². The summed E-state index contributed by atoms with van der Waals surface area (Å²) in [6.45, 7) is 0. The van der Waals surface area contributed by atoms with Gasteiger partial charge in [0.05, 0.1) is 25.0 Å². The Labute approximate surface area is 113 Å². The van der Waals surface area contributed by atoms with Crippen LogP contribution in [0.5, 0.6) is 0 Å².